The summed E-state index contributed by atoms with van der Waals surface area (Å²) in [5, 5.41) is 4.06. The van der Waals surface area contributed by atoms with E-state index < -0.39 is 0 Å². The molecular weight excluding hydrogens is 256 g/mol. The largest absolute Gasteiger partial charge is 0.293 e. The van der Waals surface area contributed by atoms with Crippen molar-refractivity contribution in [3.8, 4) is 0 Å². The van der Waals surface area contributed by atoms with Crippen molar-refractivity contribution in [1.29, 1.82) is 0 Å². The van der Waals surface area contributed by atoms with E-state index in [2.05, 4.69) is 41.6 Å². The molecule has 1 aromatic carbocycles. The Morgan fingerprint density at radius 1 is 1.21 bits per heavy atom. The summed E-state index contributed by atoms with van der Waals surface area (Å²) in [4.78, 5) is 13.1. The summed E-state index contributed by atoms with van der Waals surface area (Å²) in [7, 11) is 0. The summed E-state index contributed by atoms with van der Waals surface area (Å²) < 4.78 is 3.91. The Bertz CT molecular complexity index is 582. The van der Waals surface area contributed by atoms with Crippen molar-refractivity contribution in [3.05, 3.63) is 45.5 Å². The van der Waals surface area contributed by atoms with E-state index >= 15 is 0 Å². The van der Waals surface area contributed by atoms with Crippen LogP contribution in [0.5, 0.6) is 0 Å². The van der Waals surface area contributed by atoms with Crippen molar-refractivity contribution in [2.45, 2.75) is 40.0 Å². The Morgan fingerprint density at radius 3 is 2.42 bits per heavy atom. The van der Waals surface area contributed by atoms with Crippen molar-refractivity contribution in [1.82, 2.24) is 9.59 Å². The van der Waals surface area contributed by atoms with Crippen LogP contribution >= 0.6 is 11.5 Å². The van der Waals surface area contributed by atoms with Gasteiger partial charge in [-0.05, 0) is 36.9 Å². The summed E-state index contributed by atoms with van der Waals surface area (Å²) in [5.41, 5.74) is 4.26. The van der Waals surface area contributed by atoms with Crippen LogP contribution in [0.2, 0.25) is 0 Å². The van der Waals surface area contributed by atoms with Crippen LogP contribution in [0.15, 0.2) is 18.2 Å². The molecule has 1 heterocycles. The molecule has 1 aromatic heterocycles. The van der Waals surface area contributed by atoms with Crippen molar-refractivity contribution >= 4 is 17.3 Å². The molecule has 0 atom stereocenters. The van der Waals surface area contributed by atoms with Gasteiger partial charge in [-0.3, -0.25) is 4.79 Å². The smallest absolute Gasteiger partial charge is 0.180 e. The van der Waals surface area contributed by atoms with E-state index in [1.165, 1.54) is 22.7 Å². The van der Waals surface area contributed by atoms with Gasteiger partial charge in [0.1, 0.15) is 4.88 Å². The zero-order valence-corrected chi connectivity index (χ0v) is 12.5. The highest BCUT2D eigenvalue weighted by atomic mass is 32.1. The molecule has 0 aliphatic rings. The van der Waals surface area contributed by atoms with Gasteiger partial charge in [0.05, 0.1) is 5.69 Å². The monoisotopic (exact) mass is 274 g/mol. The van der Waals surface area contributed by atoms with Crippen LogP contribution in [0.3, 0.4) is 0 Å². The molecule has 0 saturated heterocycles. The first-order valence-electron chi connectivity index (χ1n) is 6.40. The van der Waals surface area contributed by atoms with Gasteiger partial charge in [-0.15, -0.1) is 5.10 Å². The number of aromatic nitrogens is 2. The molecule has 0 amide bonds. The predicted molar refractivity (Wildman–Crippen MR) is 77.9 cm³/mol. The number of aryl methyl sites for hydroxylation is 2. The van der Waals surface area contributed by atoms with Gasteiger partial charge in [0.25, 0.3) is 0 Å². The van der Waals surface area contributed by atoms with Crippen LogP contribution in [-0.4, -0.2) is 15.4 Å². The van der Waals surface area contributed by atoms with Crippen LogP contribution in [0.25, 0.3) is 0 Å². The Morgan fingerprint density at radius 2 is 1.84 bits per heavy atom. The minimum absolute atomic E-state index is 0.115. The molecule has 3 nitrogen and oxygen atoms in total. The maximum atomic E-state index is 12.4. The third-order valence-corrected chi connectivity index (χ3v) is 3.74. The predicted octanol–water partition coefficient (Wildman–Crippen LogP) is 3.70. The number of hydrogen-bond donors (Lipinski definition) is 0. The average Bonchev–Trinajstić information content (AvgIpc) is 2.75. The van der Waals surface area contributed by atoms with E-state index in [0.717, 1.165) is 11.3 Å². The van der Waals surface area contributed by atoms with Crippen LogP contribution in [-0.2, 0) is 6.42 Å². The van der Waals surface area contributed by atoms with Gasteiger partial charge < -0.3 is 0 Å². The molecule has 0 unspecified atom stereocenters. The maximum Gasteiger partial charge on any atom is 0.180 e. The summed E-state index contributed by atoms with van der Waals surface area (Å²) >= 11 is 1.20. The summed E-state index contributed by atoms with van der Waals surface area (Å²) in [6.45, 7) is 8.16. The second-order valence-corrected chi connectivity index (χ2v) is 5.99. The second kappa shape index (κ2) is 5.61. The Balaban J connectivity index is 2.23. The van der Waals surface area contributed by atoms with E-state index in [9.17, 15) is 4.79 Å². The molecule has 4 heteroatoms. The Labute approximate surface area is 117 Å². The molecule has 0 aliphatic carbocycles. The van der Waals surface area contributed by atoms with Gasteiger partial charge in [0, 0.05) is 6.42 Å². The second-order valence-electron chi connectivity index (χ2n) is 5.24. The number of nitrogens with zero attached hydrogens (tertiary/aromatic N) is 2. The molecule has 0 spiro atoms. The standard InChI is InChI=1S/C15H18N2OS/c1-9(2)14-15(19-17-16-14)13(18)8-12-6-10(3)5-11(4)7-12/h5-7,9H,8H2,1-4H3. The molecular formula is C15H18N2OS. The lowest BCUT2D eigenvalue weighted by atomic mass is 10.0. The van der Waals surface area contributed by atoms with E-state index in [1.54, 1.807) is 0 Å². The lowest BCUT2D eigenvalue weighted by molar-refractivity contribution is 0.0995. The molecule has 0 fully saturated rings. The fourth-order valence-corrected chi connectivity index (χ4v) is 2.96. The minimum Gasteiger partial charge on any atom is -0.293 e. The molecule has 0 aliphatic heterocycles. The van der Waals surface area contributed by atoms with Crippen molar-refractivity contribution < 1.29 is 4.79 Å². The Hall–Kier alpha value is -1.55. The molecule has 0 bridgehead atoms. The zero-order valence-electron chi connectivity index (χ0n) is 11.7. The number of carbonyl (C=O) groups excluding carboxylic acids is 1. The number of ketones is 1. The van der Waals surface area contributed by atoms with Crippen molar-refractivity contribution in [3.63, 3.8) is 0 Å². The first kappa shape index (κ1) is 13.9. The SMILES string of the molecule is Cc1cc(C)cc(CC(=O)c2snnc2C(C)C)c1. The van der Waals surface area contributed by atoms with Gasteiger partial charge in [0.15, 0.2) is 5.78 Å². The van der Waals surface area contributed by atoms with Crippen molar-refractivity contribution in [2.24, 2.45) is 0 Å². The van der Waals surface area contributed by atoms with E-state index in [0.29, 0.717) is 11.3 Å². The molecule has 2 rings (SSSR count). The van der Waals surface area contributed by atoms with Gasteiger partial charge in [-0.2, -0.15) is 0 Å². The van der Waals surface area contributed by atoms with E-state index in [4.69, 9.17) is 0 Å². The van der Waals surface area contributed by atoms with Gasteiger partial charge >= 0.3 is 0 Å². The van der Waals surface area contributed by atoms with Crippen LogP contribution < -0.4 is 0 Å². The summed E-state index contributed by atoms with van der Waals surface area (Å²) in [6.07, 6.45) is 0.423. The lowest BCUT2D eigenvalue weighted by Gasteiger charge is -2.05. The first-order chi connectivity index (χ1) is 8.97. The fourth-order valence-electron chi connectivity index (χ4n) is 2.21. The fraction of sp³-hybridized carbons (Fsp3) is 0.400. The van der Waals surface area contributed by atoms with Crippen LogP contribution in [0, 0.1) is 13.8 Å². The summed E-state index contributed by atoms with van der Waals surface area (Å²) in [6, 6.07) is 6.24. The molecule has 100 valence electrons. The highest BCUT2D eigenvalue weighted by Crippen LogP contribution is 2.22. The number of carbonyl (C=O) groups is 1. The molecule has 0 saturated carbocycles. The highest BCUT2D eigenvalue weighted by molar-refractivity contribution is 7.08. The normalized spacial score (nSPS) is 11.0. The maximum absolute atomic E-state index is 12.4. The number of benzene rings is 1. The third kappa shape index (κ3) is 3.26. The molecule has 19 heavy (non-hydrogen) atoms. The topological polar surface area (TPSA) is 42.9 Å². The number of hydrogen-bond acceptors (Lipinski definition) is 4. The summed E-state index contributed by atoms with van der Waals surface area (Å²) in [5.74, 6) is 0.348. The Kier molecular flexibility index (Phi) is 4.10. The number of Topliss-reactive ketones (excluding diaryl/α,β-unsaturated/α-hetero) is 1. The third-order valence-electron chi connectivity index (χ3n) is 2.96. The van der Waals surface area contributed by atoms with Crippen LogP contribution in [0.4, 0.5) is 0 Å². The first-order valence-corrected chi connectivity index (χ1v) is 7.17. The van der Waals surface area contributed by atoms with E-state index in [-0.39, 0.29) is 11.7 Å². The molecule has 0 radical (unpaired) electrons. The van der Waals surface area contributed by atoms with E-state index in [1.807, 2.05) is 13.8 Å². The zero-order chi connectivity index (χ0) is 14.0. The quantitative estimate of drug-likeness (QED) is 0.798. The van der Waals surface area contributed by atoms with Gasteiger partial charge in [-0.1, -0.05) is 47.7 Å². The van der Waals surface area contributed by atoms with Crippen LogP contribution in [0.1, 0.15) is 51.8 Å². The minimum atomic E-state index is 0.115. The molecule has 2 aromatic rings. The van der Waals surface area contributed by atoms with Crippen molar-refractivity contribution in [2.75, 3.05) is 0 Å². The average molecular weight is 274 g/mol. The number of rotatable bonds is 4. The molecule has 0 N–H and O–H groups in total. The lowest BCUT2D eigenvalue weighted by Crippen LogP contribution is -2.06. The highest BCUT2D eigenvalue weighted by Gasteiger charge is 2.18. The van der Waals surface area contributed by atoms with Gasteiger partial charge in [-0.25, -0.2) is 0 Å². The van der Waals surface area contributed by atoms with Gasteiger partial charge in [0.2, 0.25) is 0 Å².